The first-order valence-corrected chi connectivity index (χ1v) is 10.9. The molecule has 0 unspecified atom stereocenters. The Kier molecular flexibility index (Phi) is 4.86. The number of hydrogen-bond donors (Lipinski definition) is 0. The molecule has 5 nitrogen and oxygen atoms in total. The molecule has 7 heteroatoms. The molecule has 4 rings (SSSR count). The lowest BCUT2D eigenvalue weighted by atomic mass is 9.92. The largest absolute Gasteiger partial charge is 0.341 e. The molecule has 1 amide bonds. The fraction of sp³-hybridized carbons (Fsp3) is 0.611. The number of likely N-dealkylation sites (tertiary alicyclic amines) is 1. The van der Waals surface area contributed by atoms with Crippen LogP contribution in [0.1, 0.15) is 39.2 Å². The minimum absolute atomic E-state index is 0.228. The summed E-state index contributed by atoms with van der Waals surface area (Å²) in [5, 5.41) is 11.8. The summed E-state index contributed by atoms with van der Waals surface area (Å²) in [5.41, 5.74) is 0. The molecule has 1 aliphatic heterocycles. The molecule has 3 heterocycles. The first kappa shape index (κ1) is 17.1. The number of carbonyl (C=O) groups is 1. The minimum Gasteiger partial charge on any atom is -0.341 e. The van der Waals surface area contributed by atoms with Gasteiger partial charge >= 0.3 is 0 Å². The second-order valence-corrected chi connectivity index (χ2v) is 9.31. The Morgan fingerprint density at radius 2 is 2.04 bits per heavy atom. The van der Waals surface area contributed by atoms with Gasteiger partial charge in [0.15, 0.2) is 11.0 Å². The van der Waals surface area contributed by atoms with E-state index in [1.54, 1.807) is 23.1 Å². The Morgan fingerprint density at radius 3 is 2.68 bits per heavy atom. The van der Waals surface area contributed by atoms with Gasteiger partial charge in [-0.1, -0.05) is 31.7 Å². The van der Waals surface area contributed by atoms with Crippen molar-refractivity contribution in [2.24, 2.45) is 11.8 Å². The molecule has 2 atom stereocenters. The summed E-state index contributed by atoms with van der Waals surface area (Å²) in [5.74, 6) is 2.82. The highest BCUT2D eigenvalue weighted by molar-refractivity contribution is 7.99. The van der Waals surface area contributed by atoms with Gasteiger partial charge in [-0.25, -0.2) is 0 Å². The first-order chi connectivity index (χ1) is 12.1. The second kappa shape index (κ2) is 7.11. The zero-order valence-corrected chi connectivity index (χ0v) is 16.4. The van der Waals surface area contributed by atoms with Crippen molar-refractivity contribution in [3.05, 3.63) is 17.5 Å². The van der Waals surface area contributed by atoms with Crippen molar-refractivity contribution in [3.8, 4) is 10.7 Å². The minimum atomic E-state index is 0.228. The van der Waals surface area contributed by atoms with Crippen LogP contribution in [-0.2, 0) is 4.79 Å². The number of thioether (sulfide) groups is 1. The van der Waals surface area contributed by atoms with Crippen molar-refractivity contribution in [1.29, 1.82) is 0 Å². The lowest BCUT2D eigenvalue weighted by molar-refractivity contribution is -0.130. The van der Waals surface area contributed by atoms with Gasteiger partial charge < -0.3 is 4.90 Å². The lowest BCUT2D eigenvalue weighted by Gasteiger charge is -2.34. The summed E-state index contributed by atoms with van der Waals surface area (Å²) in [6.45, 7) is 6.25. The topological polar surface area (TPSA) is 51.0 Å². The number of thiophene rings is 1. The van der Waals surface area contributed by atoms with Gasteiger partial charge in [0.1, 0.15) is 0 Å². The standard InChI is InChI=1S/C18H24N4OS2/c1-12-8-13(2)10-21(9-12)16(23)11-25-18-20-19-17(15-4-3-7-24-15)22(18)14-5-6-14/h3-4,7,12-14H,5-6,8-11H2,1-2H3/t12-,13-/m1/s1. The Balaban J connectivity index is 1.45. The molecule has 134 valence electrons. The molecule has 1 saturated heterocycles. The Bertz CT molecular complexity index is 728. The number of aromatic nitrogens is 3. The maximum absolute atomic E-state index is 12.6. The molecule has 2 fully saturated rings. The van der Waals surface area contributed by atoms with Crippen LogP contribution in [0.4, 0.5) is 0 Å². The Morgan fingerprint density at radius 1 is 1.28 bits per heavy atom. The summed E-state index contributed by atoms with van der Waals surface area (Å²) in [6.07, 6.45) is 3.58. The van der Waals surface area contributed by atoms with Gasteiger partial charge in [0.2, 0.25) is 5.91 Å². The van der Waals surface area contributed by atoms with Crippen LogP contribution in [0.3, 0.4) is 0 Å². The van der Waals surface area contributed by atoms with Crippen LogP contribution in [0.5, 0.6) is 0 Å². The summed E-state index contributed by atoms with van der Waals surface area (Å²) in [7, 11) is 0. The van der Waals surface area contributed by atoms with E-state index in [0.717, 1.165) is 28.9 Å². The maximum atomic E-state index is 12.6. The van der Waals surface area contributed by atoms with Crippen LogP contribution in [0.25, 0.3) is 10.7 Å². The van der Waals surface area contributed by atoms with E-state index in [0.29, 0.717) is 23.6 Å². The summed E-state index contributed by atoms with van der Waals surface area (Å²) in [6, 6.07) is 4.63. The van der Waals surface area contributed by atoms with Crippen molar-refractivity contribution >= 4 is 29.0 Å². The van der Waals surface area contributed by atoms with Gasteiger partial charge in [-0.05, 0) is 42.5 Å². The van der Waals surface area contributed by atoms with Gasteiger partial charge in [0, 0.05) is 19.1 Å². The fourth-order valence-corrected chi connectivity index (χ4v) is 5.31. The SMILES string of the molecule is C[C@@H]1C[C@@H](C)CN(C(=O)CSc2nnc(-c3cccs3)n2C2CC2)C1. The number of carbonyl (C=O) groups excluding carboxylic acids is 1. The highest BCUT2D eigenvalue weighted by atomic mass is 32.2. The average Bonchev–Trinajstić information content (AvgIpc) is 3.10. The lowest BCUT2D eigenvalue weighted by Crippen LogP contribution is -2.43. The van der Waals surface area contributed by atoms with E-state index >= 15 is 0 Å². The van der Waals surface area contributed by atoms with E-state index < -0.39 is 0 Å². The zero-order valence-electron chi connectivity index (χ0n) is 14.7. The van der Waals surface area contributed by atoms with Crippen LogP contribution >= 0.6 is 23.1 Å². The first-order valence-electron chi connectivity index (χ1n) is 9.01. The number of rotatable bonds is 5. The molecular formula is C18H24N4OS2. The molecule has 0 N–H and O–H groups in total. The van der Waals surface area contributed by atoms with E-state index in [1.165, 1.54) is 19.3 Å². The van der Waals surface area contributed by atoms with Gasteiger partial charge in [-0.2, -0.15) is 0 Å². The van der Waals surface area contributed by atoms with Gasteiger partial charge in [-0.3, -0.25) is 9.36 Å². The maximum Gasteiger partial charge on any atom is 0.233 e. The van der Waals surface area contributed by atoms with Crippen molar-refractivity contribution in [1.82, 2.24) is 19.7 Å². The molecule has 25 heavy (non-hydrogen) atoms. The van der Waals surface area contributed by atoms with Crippen LogP contribution < -0.4 is 0 Å². The highest BCUT2D eigenvalue weighted by Gasteiger charge is 2.31. The van der Waals surface area contributed by atoms with Gasteiger partial charge in [0.05, 0.1) is 10.6 Å². The molecule has 0 bridgehead atoms. The van der Waals surface area contributed by atoms with E-state index in [1.807, 2.05) is 11.0 Å². The van der Waals surface area contributed by atoms with Crippen LogP contribution in [0.2, 0.25) is 0 Å². The number of amides is 1. The quantitative estimate of drug-likeness (QED) is 0.742. The predicted octanol–water partition coefficient (Wildman–Crippen LogP) is 3.94. The van der Waals surface area contributed by atoms with Crippen molar-refractivity contribution in [3.63, 3.8) is 0 Å². The molecule has 0 aromatic carbocycles. The van der Waals surface area contributed by atoms with E-state index in [4.69, 9.17) is 0 Å². The molecule has 0 spiro atoms. The van der Waals surface area contributed by atoms with E-state index in [2.05, 4.69) is 40.1 Å². The third-order valence-electron chi connectivity index (χ3n) is 4.86. The fourth-order valence-electron chi connectivity index (χ4n) is 3.70. The smallest absolute Gasteiger partial charge is 0.233 e. The van der Waals surface area contributed by atoms with Crippen LogP contribution in [0.15, 0.2) is 22.7 Å². The summed E-state index contributed by atoms with van der Waals surface area (Å²) >= 11 is 3.23. The second-order valence-electron chi connectivity index (χ2n) is 7.42. The molecule has 1 aliphatic carbocycles. The van der Waals surface area contributed by atoms with Crippen molar-refractivity contribution < 1.29 is 4.79 Å². The highest BCUT2D eigenvalue weighted by Crippen LogP contribution is 2.41. The summed E-state index contributed by atoms with van der Waals surface area (Å²) < 4.78 is 2.24. The average molecular weight is 377 g/mol. The predicted molar refractivity (Wildman–Crippen MR) is 102 cm³/mol. The van der Waals surface area contributed by atoms with Crippen molar-refractivity contribution in [2.75, 3.05) is 18.8 Å². The molecule has 2 aromatic heterocycles. The number of hydrogen-bond acceptors (Lipinski definition) is 5. The van der Waals surface area contributed by atoms with E-state index in [-0.39, 0.29) is 5.91 Å². The molecule has 2 aliphatic rings. The van der Waals surface area contributed by atoms with Gasteiger partial charge in [-0.15, -0.1) is 21.5 Å². The van der Waals surface area contributed by atoms with Crippen LogP contribution in [0, 0.1) is 11.8 Å². The summed E-state index contributed by atoms with van der Waals surface area (Å²) in [4.78, 5) is 15.8. The number of piperidine rings is 1. The van der Waals surface area contributed by atoms with Crippen LogP contribution in [-0.4, -0.2) is 44.4 Å². The third-order valence-corrected chi connectivity index (χ3v) is 6.66. The molecule has 1 saturated carbocycles. The normalized spacial score (nSPS) is 23.8. The molecule has 2 aromatic rings. The van der Waals surface area contributed by atoms with Gasteiger partial charge in [0.25, 0.3) is 0 Å². The zero-order chi connectivity index (χ0) is 17.4. The molecule has 0 radical (unpaired) electrons. The third kappa shape index (κ3) is 3.77. The van der Waals surface area contributed by atoms with E-state index in [9.17, 15) is 4.79 Å². The van der Waals surface area contributed by atoms with Crippen molar-refractivity contribution in [2.45, 2.75) is 44.3 Å². The number of nitrogens with zero attached hydrogens (tertiary/aromatic N) is 4. The molecular weight excluding hydrogens is 352 g/mol. The Hall–Kier alpha value is -1.34. The Labute approximate surface area is 156 Å². The monoisotopic (exact) mass is 376 g/mol.